The smallest absolute Gasteiger partial charge is 0.262 e. The zero-order valence-electron chi connectivity index (χ0n) is 18.2. The number of ether oxygens (including phenoxy) is 1. The molecule has 0 unspecified atom stereocenters. The van der Waals surface area contributed by atoms with Gasteiger partial charge in [-0.2, -0.15) is 0 Å². The molecule has 0 bridgehead atoms. The third kappa shape index (κ3) is 4.46. The van der Waals surface area contributed by atoms with Crippen LogP contribution in [0, 0.1) is 11.7 Å². The van der Waals surface area contributed by atoms with Crippen LogP contribution in [-0.4, -0.2) is 36.4 Å². The zero-order valence-corrected chi connectivity index (χ0v) is 18.2. The van der Waals surface area contributed by atoms with Crippen LogP contribution < -0.4 is 10.1 Å². The maximum Gasteiger partial charge on any atom is 0.262 e. The molecule has 1 fully saturated rings. The number of halogens is 1. The molecule has 0 aliphatic carbocycles. The fourth-order valence-electron chi connectivity index (χ4n) is 4.93. The lowest BCUT2D eigenvalue weighted by Crippen LogP contribution is -2.40. The van der Waals surface area contributed by atoms with Gasteiger partial charge in [-0.1, -0.05) is 42.5 Å². The number of fused-ring (bicyclic) bond motifs is 1. The SMILES string of the molecule is O=C1COc2ccc(C(=O)N3CCC([C@H](c4ccccc4)c4cccc(F)c4)CC3)cc2N1. The first-order valence-electron chi connectivity index (χ1n) is 11.2. The minimum absolute atomic E-state index is 0.0122. The normalized spacial score (nSPS) is 17.0. The van der Waals surface area contributed by atoms with Gasteiger partial charge < -0.3 is 15.0 Å². The van der Waals surface area contributed by atoms with Gasteiger partial charge in [-0.3, -0.25) is 9.59 Å². The van der Waals surface area contributed by atoms with Crippen molar-refractivity contribution in [1.29, 1.82) is 0 Å². The first-order valence-corrected chi connectivity index (χ1v) is 11.2. The number of hydrogen-bond donors (Lipinski definition) is 1. The summed E-state index contributed by atoms with van der Waals surface area (Å²) in [4.78, 5) is 26.6. The Balaban J connectivity index is 1.32. The van der Waals surface area contributed by atoms with Crippen molar-refractivity contribution in [2.45, 2.75) is 18.8 Å². The van der Waals surface area contributed by atoms with Gasteiger partial charge in [-0.15, -0.1) is 0 Å². The van der Waals surface area contributed by atoms with E-state index in [1.165, 1.54) is 11.6 Å². The van der Waals surface area contributed by atoms with Crippen molar-refractivity contribution in [2.24, 2.45) is 5.92 Å². The average Bonchev–Trinajstić information content (AvgIpc) is 2.84. The van der Waals surface area contributed by atoms with E-state index in [0.29, 0.717) is 36.0 Å². The molecule has 0 spiro atoms. The fraction of sp³-hybridized carbons (Fsp3) is 0.259. The van der Waals surface area contributed by atoms with E-state index in [2.05, 4.69) is 17.4 Å². The second kappa shape index (κ2) is 9.06. The summed E-state index contributed by atoms with van der Waals surface area (Å²) in [7, 11) is 0. The van der Waals surface area contributed by atoms with Crippen LogP contribution in [0.2, 0.25) is 0 Å². The van der Waals surface area contributed by atoms with Gasteiger partial charge in [0.1, 0.15) is 11.6 Å². The summed E-state index contributed by atoms with van der Waals surface area (Å²) < 4.78 is 19.4. The van der Waals surface area contributed by atoms with Gasteiger partial charge in [0, 0.05) is 24.6 Å². The molecule has 0 radical (unpaired) electrons. The Labute approximate surface area is 192 Å². The van der Waals surface area contributed by atoms with Crippen LogP contribution in [0.5, 0.6) is 5.75 Å². The minimum Gasteiger partial charge on any atom is -0.482 e. The second-order valence-corrected chi connectivity index (χ2v) is 8.62. The molecule has 5 nitrogen and oxygen atoms in total. The highest BCUT2D eigenvalue weighted by Crippen LogP contribution is 2.38. The predicted molar refractivity (Wildman–Crippen MR) is 124 cm³/mol. The van der Waals surface area contributed by atoms with Gasteiger partial charge in [-0.05, 0) is 60.2 Å². The van der Waals surface area contributed by atoms with Crippen LogP contribution in [0.3, 0.4) is 0 Å². The molecule has 1 N–H and O–H groups in total. The molecule has 2 aliphatic heterocycles. The Hall–Kier alpha value is -3.67. The number of nitrogens with zero attached hydrogens (tertiary/aromatic N) is 1. The zero-order chi connectivity index (χ0) is 22.8. The number of carbonyl (C=O) groups excluding carboxylic acids is 2. The third-order valence-corrected chi connectivity index (χ3v) is 6.52. The Bertz CT molecular complexity index is 1170. The number of rotatable bonds is 4. The molecule has 2 aliphatic rings. The number of carbonyl (C=O) groups is 2. The second-order valence-electron chi connectivity index (χ2n) is 8.62. The van der Waals surface area contributed by atoms with Crippen molar-refractivity contribution in [3.05, 3.63) is 95.3 Å². The van der Waals surface area contributed by atoms with E-state index in [-0.39, 0.29) is 30.2 Å². The van der Waals surface area contributed by atoms with Crippen LogP contribution in [0.4, 0.5) is 10.1 Å². The summed E-state index contributed by atoms with van der Waals surface area (Å²) >= 11 is 0. The van der Waals surface area contributed by atoms with Gasteiger partial charge in [0.2, 0.25) is 0 Å². The topological polar surface area (TPSA) is 58.6 Å². The largest absolute Gasteiger partial charge is 0.482 e. The molecule has 168 valence electrons. The van der Waals surface area contributed by atoms with Crippen molar-refractivity contribution < 1.29 is 18.7 Å². The van der Waals surface area contributed by atoms with E-state index in [9.17, 15) is 14.0 Å². The summed E-state index contributed by atoms with van der Waals surface area (Å²) in [6.45, 7) is 1.24. The van der Waals surface area contributed by atoms with Crippen molar-refractivity contribution in [1.82, 2.24) is 4.90 Å². The summed E-state index contributed by atoms with van der Waals surface area (Å²) in [6, 6.07) is 22.2. The van der Waals surface area contributed by atoms with Crippen LogP contribution in [0.1, 0.15) is 40.2 Å². The summed E-state index contributed by atoms with van der Waals surface area (Å²) in [6.07, 6.45) is 1.65. The summed E-state index contributed by atoms with van der Waals surface area (Å²) in [5.74, 6) is 0.440. The van der Waals surface area contributed by atoms with E-state index in [1.807, 2.05) is 29.2 Å². The van der Waals surface area contributed by atoms with Crippen LogP contribution >= 0.6 is 0 Å². The van der Waals surface area contributed by atoms with Gasteiger partial charge >= 0.3 is 0 Å². The molecule has 0 saturated carbocycles. The van der Waals surface area contributed by atoms with Gasteiger partial charge in [0.25, 0.3) is 11.8 Å². The first kappa shape index (κ1) is 21.2. The van der Waals surface area contributed by atoms with Crippen molar-refractivity contribution in [2.75, 3.05) is 25.0 Å². The Morgan fingerprint density at radius 3 is 2.48 bits per heavy atom. The number of nitrogens with one attached hydrogen (secondary N) is 1. The summed E-state index contributed by atoms with van der Waals surface area (Å²) in [5, 5.41) is 2.76. The molecule has 1 saturated heterocycles. The fourth-order valence-corrected chi connectivity index (χ4v) is 4.93. The highest BCUT2D eigenvalue weighted by Gasteiger charge is 2.31. The maximum atomic E-state index is 14.0. The van der Waals surface area contributed by atoms with Gasteiger partial charge in [0.05, 0.1) is 5.69 Å². The molecule has 1 atom stereocenters. The standard InChI is InChI=1S/C27H25FN2O3/c28-22-8-4-7-20(15-22)26(18-5-2-1-3-6-18)19-11-13-30(14-12-19)27(32)21-9-10-24-23(16-21)29-25(31)17-33-24/h1-10,15-16,19,26H,11-14,17H2,(H,29,31)/t26-/m0/s1. The molecule has 3 aromatic carbocycles. The summed E-state index contributed by atoms with van der Waals surface area (Å²) in [5.41, 5.74) is 3.19. The molecular formula is C27H25FN2O3. The molecule has 3 aromatic rings. The van der Waals surface area contributed by atoms with Crippen LogP contribution in [0.25, 0.3) is 0 Å². The molecular weight excluding hydrogens is 419 g/mol. The van der Waals surface area contributed by atoms with Crippen molar-refractivity contribution in [3.63, 3.8) is 0 Å². The Morgan fingerprint density at radius 1 is 0.970 bits per heavy atom. The predicted octanol–water partition coefficient (Wildman–Crippen LogP) is 4.84. The van der Waals surface area contributed by atoms with E-state index in [0.717, 1.165) is 18.4 Å². The van der Waals surface area contributed by atoms with Crippen molar-refractivity contribution >= 4 is 17.5 Å². The monoisotopic (exact) mass is 444 g/mol. The molecule has 2 heterocycles. The first-order chi connectivity index (χ1) is 16.1. The lowest BCUT2D eigenvalue weighted by Gasteiger charge is -2.37. The van der Waals surface area contributed by atoms with Crippen molar-refractivity contribution in [3.8, 4) is 5.75 Å². The maximum absolute atomic E-state index is 14.0. The average molecular weight is 445 g/mol. The number of likely N-dealkylation sites (tertiary alicyclic amines) is 1. The number of hydrogen-bond acceptors (Lipinski definition) is 3. The number of piperidine rings is 1. The van der Waals surface area contributed by atoms with Crippen LogP contribution in [-0.2, 0) is 4.79 Å². The number of benzene rings is 3. The minimum atomic E-state index is -0.232. The van der Waals surface area contributed by atoms with Gasteiger partial charge in [0.15, 0.2) is 6.61 Å². The number of anilines is 1. The lowest BCUT2D eigenvalue weighted by molar-refractivity contribution is -0.118. The quantitative estimate of drug-likeness (QED) is 0.626. The Kier molecular flexibility index (Phi) is 5.82. The molecule has 5 rings (SSSR count). The Morgan fingerprint density at radius 2 is 1.73 bits per heavy atom. The van der Waals surface area contributed by atoms with Crippen LogP contribution in [0.15, 0.2) is 72.8 Å². The lowest BCUT2D eigenvalue weighted by atomic mass is 9.76. The third-order valence-electron chi connectivity index (χ3n) is 6.52. The highest BCUT2D eigenvalue weighted by atomic mass is 19.1. The highest BCUT2D eigenvalue weighted by molar-refractivity contribution is 5.99. The molecule has 6 heteroatoms. The number of amides is 2. The molecule has 2 amide bonds. The van der Waals surface area contributed by atoms with Gasteiger partial charge in [-0.25, -0.2) is 4.39 Å². The van der Waals surface area contributed by atoms with E-state index >= 15 is 0 Å². The molecule has 0 aromatic heterocycles. The van der Waals surface area contributed by atoms with E-state index in [1.54, 1.807) is 30.3 Å². The molecule has 33 heavy (non-hydrogen) atoms. The van der Waals surface area contributed by atoms with E-state index < -0.39 is 0 Å². The van der Waals surface area contributed by atoms with E-state index in [4.69, 9.17) is 4.74 Å².